The third-order valence-electron chi connectivity index (χ3n) is 2.65. The molecule has 0 aliphatic heterocycles. The van der Waals surface area contributed by atoms with E-state index in [0.717, 1.165) is 23.3 Å². The first-order valence-electron chi connectivity index (χ1n) is 5.64. The molecule has 0 unspecified atom stereocenters. The van der Waals surface area contributed by atoms with Crippen LogP contribution in [0.4, 0.5) is 11.8 Å². The minimum absolute atomic E-state index is 0.0894. The summed E-state index contributed by atoms with van der Waals surface area (Å²) in [6.07, 6.45) is 0. The van der Waals surface area contributed by atoms with Crippen LogP contribution in [-0.4, -0.2) is 34.8 Å². The van der Waals surface area contributed by atoms with Gasteiger partial charge >= 0.3 is 0 Å². The second-order valence-corrected chi connectivity index (χ2v) is 3.73. The van der Waals surface area contributed by atoms with Gasteiger partial charge < -0.3 is 15.7 Å². The molecule has 1 aromatic carbocycles. The van der Waals surface area contributed by atoms with Crippen molar-refractivity contribution in [3.63, 3.8) is 0 Å². The van der Waals surface area contributed by atoms with E-state index in [4.69, 9.17) is 10.8 Å². The van der Waals surface area contributed by atoms with Gasteiger partial charge in [-0.15, -0.1) is 0 Å². The molecule has 2 rings (SSSR count). The maximum absolute atomic E-state index is 9.05. The molecule has 90 valence electrons. The molecule has 3 N–H and O–H groups in total. The third kappa shape index (κ3) is 2.29. The lowest BCUT2D eigenvalue weighted by Gasteiger charge is -2.22. The molecule has 1 heterocycles. The summed E-state index contributed by atoms with van der Waals surface area (Å²) < 4.78 is 0. The second kappa shape index (κ2) is 4.97. The molecule has 0 saturated carbocycles. The average molecular weight is 232 g/mol. The van der Waals surface area contributed by atoms with Crippen molar-refractivity contribution in [2.75, 3.05) is 30.3 Å². The molecule has 0 amide bonds. The van der Waals surface area contributed by atoms with Crippen molar-refractivity contribution in [3.05, 3.63) is 24.3 Å². The molecular weight excluding hydrogens is 216 g/mol. The number of hydrogen-bond donors (Lipinski definition) is 2. The molecule has 0 radical (unpaired) electrons. The topological polar surface area (TPSA) is 75.3 Å². The van der Waals surface area contributed by atoms with Crippen LogP contribution in [0.25, 0.3) is 10.9 Å². The summed E-state index contributed by atoms with van der Waals surface area (Å²) in [5.74, 6) is 1.04. The Balaban J connectivity index is 2.58. The Labute approximate surface area is 99.9 Å². The number of hydrogen-bond acceptors (Lipinski definition) is 5. The van der Waals surface area contributed by atoms with E-state index in [1.165, 1.54) is 0 Å². The molecule has 5 nitrogen and oxygen atoms in total. The van der Waals surface area contributed by atoms with E-state index < -0.39 is 0 Å². The van der Waals surface area contributed by atoms with Crippen molar-refractivity contribution in [1.29, 1.82) is 0 Å². The highest BCUT2D eigenvalue weighted by atomic mass is 16.3. The lowest BCUT2D eigenvalue weighted by molar-refractivity contribution is 0.302. The van der Waals surface area contributed by atoms with E-state index in [9.17, 15) is 0 Å². The van der Waals surface area contributed by atoms with Gasteiger partial charge in [0.15, 0.2) is 0 Å². The number of anilines is 2. The summed E-state index contributed by atoms with van der Waals surface area (Å²) in [5.41, 5.74) is 6.53. The molecule has 1 aromatic heterocycles. The number of aliphatic hydroxyl groups excluding tert-OH is 1. The first kappa shape index (κ1) is 11.6. The lowest BCUT2D eigenvalue weighted by Crippen LogP contribution is -2.27. The second-order valence-electron chi connectivity index (χ2n) is 3.73. The van der Waals surface area contributed by atoms with E-state index in [1.54, 1.807) is 0 Å². The highest BCUT2D eigenvalue weighted by molar-refractivity contribution is 5.90. The highest BCUT2D eigenvalue weighted by Gasteiger charge is 2.11. The number of nitrogen functional groups attached to an aromatic ring is 1. The van der Waals surface area contributed by atoms with Gasteiger partial charge in [-0.05, 0) is 19.1 Å². The van der Waals surface area contributed by atoms with Crippen LogP contribution in [0.15, 0.2) is 24.3 Å². The summed E-state index contributed by atoms with van der Waals surface area (Å²) in [5, 5.41) is 10.0. The lowest BCUT2D eigenvalue weighted by atomic mass is 10.2. The van der Waals surface area contributed by atoms with E-state index in [-0.39, 0.29) is 12.6 Å². The van der Waals surface area contributed by atoms with Crippen LogP contribution in [0.3, 0.4) is 0 Å². The van der Waals surface area contributed by atoms with Crippen LogP contribution < -0.4 is 10.6 Å². The monoisotopic (exact) mass is 232 g/mol. The Bertz CT molecular complexity index is 515. The minimum Gasteiger partial charge on any atom is -0.395 e. The third-order valence-corrected chi connectivity index (χ3v) is 2.65. The van der Waals surface area contributed by atoms with Crippen LogP contribution in [0, 0.1) is 0 Å². The maximum atomic E-state index is 9.05. The number of aliphatic hydroxyl groups is 1. The van der Waals surface area contributed by atoms with Crippen LogP contribution in [0.5, 0.6) is 0 Å². The summed E-state index contributed by atoms with van der Waals surface area (Å²) in [6, 6.07) is 7.73. The number of fused-ring (bicyclic) bond motifs is 1. The molecule has 2 aromatic rings. The zero-order valence-electron chi connectivity index (χ0n) is 9.80. The Morgan fingerprint density at radius 3 is 2.76 bits per heavy atom. The first-order valence-corrected chi connectivity index (χ1v) is 5.64. The molecule has 17 heavy (non-hydrogen) atoms. The van der Waals surface area contributed by atoms with Crippen molar-refractivity contribution in [3.8, 4) is 0 Å². The van der Waals surface area contributed by atoms with E-state index in [1.807, 2.05) is 36.1 Å². The van der Waals surface area contributed by atoms with Crippen molar-refractivity contribution < 1.29 is 5.11 Å². The maximum Gasteiger partial charge on any atom is 0.222 e. The number of rotatable bonds is 4. The molecule has 0 fully saturated rings. The van der Waals surface area contributed by atoms with Gasteiger partial charge in [-0.3, -0.25) is 0 Å². The van der Waals surface area contributed by atoms with E-state index in [2.05, 4.69) is 9.97 Å². The minimum atomic E-state index is 0.0894. The molecule has 5 heteroatoms. The Kier molecular flexibility index (Phi) is 3.39. The van der Waals surface area contributed by atoms with Gasteiger partial charge in [-0.25, -0.2) is 4.98 Å². The summed E-state index contributed by atoms with van der Waals surface area (Å²) in [7, 11) is 0. The number of aromatic nitrogens is 2. The van der Waals surface area contributed by atoms with Crippen molar-refractivity contribution in [1.82, 2.24) is 9.97 Å². The largest absolute Gasteiger partial charge is 0.395 e. The van der Waals surface area contributed by atoms with Crippen molar-refractivity contribution in [2.45, 2.75) is 6.92 Å². The van der Waals surface area contributed by atoms with Crippen LogP contribution in [-0.2, 0) is 0 Å². The van der Waals surface area contributed by atoms with Gasteiger partial charge in [0.2, 0.25) is 5.95 Å². The van der Waals surface area contributed by atoms with Gasteiger partial charge in [0.05, 0.1) is 12.1 Å². The Morgan fingerprint density at radius 2 is 2.06 bits per heavy atom. The fourth-order valence-corrected chi connectivity index (χ4v) is 1.85. The van der Waals surface area contributed by atoms with E-state index >= 15 is 0 Å². The highest BCUT2D eigenvalue weighted by Crippen LogP contribution is 2.23. The average Bonchev–Trinajstić information content (AvgIpc) is 2.35. The van der Waals surface area contributed by atoms with Crippen LogP contribution >= 0.6 is 0 Å². The SMILES string of the molecule is CCN(CCO)c1nc(N)nc2ccccc12. The smallest absolute Gasteiger partial charge is 0.222 e. The Hall–Kier alpha value is -1.88. The van der Waals surface area contributed by atoms with Gasteiger partial charge in [0.25, 0.3) is 0 Å². The number of likely N-dealkylation sites (N-methyl/N-ethyl adjacent to an activating group) is 1. The number of benzene rings is 1. The number of nitrogens with two attached hydrogens (primary N) is 1. The molecule has 0 bridgehead atoms. The predicted molar refractivity (Wildman–Crippen MR) is 68.9 cm³/mol. The van der Waals surface area contributed by atoms with Crippen LogP contribution in [0.1, 0.15) is 6.92 Å². The predicted octanol–water partition coefficient (Wildman–Crippen LogP) is 1.03. The fourth-order valence-electron chi connectivity index (χ4n) is 1.85. The number of nitrogens with zero attached hydrogens (tertiary/aromatic N) is 3. The zero-order valence-corrected chi connectivity index (χ0v) is 9.80. The van der Waals surface area contributed by atoms with Gasteiger partial charge in [0, 0.05) is 18.5 Å². The standard InChI is InChI=1S/C12H16N4O/c1-2-16(7-8-17)11-9-5-3-4-6-10(9)14-12(13)15-11/h3-6,17H,2,7-8H2,1H3,(H2,13,14,15). The van der Waals surface area contributed by atoms with Gasteiger partial charge in [0.1, 0.15) is 5.82 Å². The Morgan fingerprint density at radius 1 is 1.29 bits per heavy atom. The summed E-state index contributed by atoms with van der Waals surface area (Å²) in [4.78, 5) is 10.4. The van der Waals surface area contributed by atoms with Gasteiger partial charge in [-0.1, -0.05) is 12.1 Å². The summed E-state index contributed by atoms with van der Waals surface area (Å²) in [6.45, 7) is 3.41. The van der Waals surface area contributed by atoms with Crippen LogP contribution in [0.2, 0.25) is 0 Å². The molecule has 0 atom stereocenters. The zero-order chi connectivity index (χ0) is 12.3. The fraction of sp³-hybridized carbons (Fsp3) is 0.333. The quantitative estimate of drug-likeness (QED) is 0.823. The summed E-state index contributed by atoms with van der Waals surface area (Å²) >= 11 is 0. The van der Waals surface area contributed by atoms with E-state index in [0.29, 0.717) is 6.54 Å². The van der Waals surface area contributed by atoms with Crippen molar-refractivity contribution >= 4 is 22.7 Å². The van der Waals surface area contributed by atoms with Crippen molar-refractivity contribution in [2.24, 2.45) is 0 Å². The van der Waals surface area contributed by atoms with Gasteiger partial charge in [-0.2, -0.15) is 4.98 Å². The molecule has 0 aliphatic rings. The molecule has 0 aliphatic carbocycles. The number of para-hydroxylation sites is 1. The molecular formula is C12H16N4O. The molecule has 0 spiro atoms. The molecule has 0 saturated heterocycles. The first-order chi connectivity index (χ1) is 8.26. The normalized spacial score (nSPS) is 10.7.